The fourth-order valence-electron chi connectivity index (χ4n) is 3.64. The number of halogens is 2. The number of carbonyl (C=O) groups is 1. The van der Waals surface area contributed by atoms with Crippen molar-refractivity contribution in [3.63, 3.8) is 0 Å². The Hall–Kier alpha value is -3.52. The molecular weight excluding hydrogens is 419 g/mol. The average molecular weight is 437 g/mol. The lowest BCUT2D eigenvalue weighted by molar-refractivity contribution is 0.0746. The van der Waals surface area contributed by atoms with Crippen LogP contribution in [-0.4, -0.2) is 56.8 Å². The summed E-state index contributed by atoms with van der Waals surface area (Å²) in [4.78, 5) is 16.7. The Kier molecular flexibility index (Phi) is 4.99. The van der Waals surface area contributed by atoms with Crippen molar-refractivity contribution in [2.75, 3.05) is 31.1 Å². The first kappa shape index (κ1) is 19.4. The lowest BCUT2D eigenvalue weighted by Crippen LogP contribution is -2.49. The number of carbonyl (C=O) groups excluding carboxylic acids is 1. The van der Waals surface area contributed by atoms with E-state index in [0.29, 0.717) is 48.2 Å². The summed E-state index contributed by atoms with van der Waals surface area (Å²) in [7, 11) is 0. The van der Waals surface area contributed by atoms with Crippen LogP contribution in [0.5, 0.6) is 0 Å². The molecule has 0 radical (unpaired) electrons. The lowest BCUT2D eigenvalue weighted by atomic mass is 10.2. The van der Waals surface area contributed by atoms with Crippen LogP contribution < -0.4 is 4.90 Å². The molecule has 1 aliphatic rings. The van der Waals surface area contributed by atoms with E-state index in [9.17, 15) is 9.18 Å². The summed E-state index contributed by atoms with van der Waals surface area (Å²) in [5.41, 5.74) is 1.97. The highest BCUT2D eigenvalue weighted by Gasteiger charge is 2.23. The van der Waals surface area contributed by atoms with Crippen LogP contribution in [0, 0.1) is 5.82 Å². The van der Waals surface area contributed by atoms with Crippen molar-refractivity contribution in [3.8, 4) is 11.4 Å². The van der Waals surface area contributed by atoms with Gasteiger partial charge >= 0.3 is 0 Å². The van der Waals surface area contributed by atoms with Gasteiger partial charge in [0.2, 0.25) is 0 Å². The molecule has 9 heteroatoms. The van der Waals surface area contributed by atoms with E-state index in [0.717, 1.165) is 11.4 Å². The van der Waals surface area contributed by atoms with Gasteiger partial charge in [-0.3, -0.25) is 4.79 Å². The number of rotatable bonds is 3. The second-order valence-electron chi connectivity index (χ2n) is 7.28. The zero-order chi connectivity index (χ0) is 21.4. The molecule has 2 aromatic heterocycles. The van der Waals surface area contributed by atoms with Gasteiger partial charge < -0.3 is 9.80 Å². The van der Waals surface area contributed by atoms with Gasteiger partial charge in [0.15, 0.2) is 11.5 Å². The van der Waals surface area contributed by atoms with Gasteiger partial charge in [-0.1, -0.05) is 11.6 Å². The number of nitrogens with zero attached hydrogens (tertiary/aromatic N) is 6. The van der Waals surface area contributed by atoms with Crippen molar-refractivity contribution in [1.82, 2.24) is 24.7 Å². The quantitative estimate of drug-likeness (QED) is 0.491. The predicted octanol–water partition coefficient (Wildman–Crippen LogP) is 3.55. The summed E-state index contributed by atoms with van der Waals surface area (Å²) in [6.45, 7) is 2.50. The number of fused-ring (bicyclic) bond motifs is 1. The maximum Gasteiger partial charge on any atom is 0.253 e. The molecule has 2 aromatic carbocycles. The van der Waals surface area contributed by atoms with E-state index >= 15 is 0 Å². The maximum atomic E-state index is 13.3. The minimum Gasteiger partial charge on any atom is -0.352 e. The van der Waals surface area contributed by atoms with Crippen LogP contribution in [0.25, 0.3) is 17.0 Å². The Labute approximate surface area is 182 Å². The number of anilines is 1. The fraction of sp³-hybridized carbons (Fsp3) is 0.182. The summed E-state index contributed by atoms with van der Waals surface area (Å²) in [5, 5.41) is 13.7. The largest absolute Gasteiger partial charge is 0.352 e. The first-order chi connectivity index (χ1) is 15.1. The SMILES string of the molecule is O=C(c1ccc(Cl)cc1)N1CCN(c2ccc3nnc(-c4ccc(F)cc4)n3n2)CC1. The van der Waals surface area contributed by atoms with Crippen molar-refractivity contribution < 1.29 is 9.18 Å². The molecule has 0 aliphatic carbocycles. The third kappa shape index (κ3) is 3.82. The molecule has 5 rings (SSSR count). The molecule has 7 nitrogen and oxygen atoms in total. The minimum absolute atomic E-state index is 0.00265. The van der Waals surface area contributed by atoms with Crippen molar-refractivity contribution in [2.24, 2.45) is 0 Å². The van der Waals surface area contributed by atoms with Crippen LogP contribution in [0.15, 0.2) is 60.7 Å². The van der Waals surface area contributed by atoms with Gasteiger partial charge in [-0.05, 0) is 60.7 Å². The van der Waals surface area contributed by atoms with Gasteiger partial charge in [-0.2, -0.15) is 4.52 Å². The van der Waals surface area contributed by atoms with Gasteiger partial charge in [-0.15, -0.1) is 15.3 Å². The molecule has 1 saturated heterocycles. The summed E-state index contributed by atoms with van der Waals surface area (Å²) in [6.07, 6.45) is 0. The van der Waals surface area contributed by atoms with E-state index in [1.807, 2.05) is 17.0 Å². The van der Waals surface area contributed by atoms with E-state index < -0.39 is 0 Å². The molecule has 3 heterocycles. The zero-order valence-corrected chi connectivity index (χ0v) is 17.2. The Morgan fingerprint density at radius 2 is 1.58 bits per heavy atom. The summed E-state index contributed by atoms with van der Waals surface area (Å²) >= 11 is 5.91. The maximum absolute atomic E-state index is 13.3. The first-order valence-electron chi connectivity index (χ1n) is 9.87. The van der Waals surface area contributed by atoms with Gasteiger partial charge in [0, 0.05) is 42.3 Å². The molecule has 0 atom stereocenters. The van der Waals surface area contributed by atoms with Crippen molar-refractivity contribution in [1.29, 1.82) is 0 Å². The molecular formula is C22H18ClFN6O. The van der Waals surface area contributed by atoms with E-state index in [2.05, 4.69) is 15.1 Å². The molecule has 0 spiro atoms. The minimum atomic E-state index is -0.308. The van der Waals surface area contributed by atoms with Crippen LogP contribution in [0.1, 0.15) is 10.4 Å². The van der Waals surface area contributed by atoms with Crippen LogP contribution >= 0.6 is 11.6 Å². The average Bonchev–Trinajstić information content (AvgIpc) is 3.23. The third-order valence-corrected chi connectivity index (χ3v) is 5.59. The van der Waals surface area contributed by atoms with Gasteiger partial charge in [0.1, 0.15) is 11.6 Å². The molecule has 1 amide bonds. The van der Waals surface area contributed by atoms with Crippen molar-refractivity contribution in [3.05, 3.63) is 77.1 Å². The Balaban J connectivity index is 1.34. The molecule has 1 fully saturated rings. The molecule has 0 N–H and O–H groups in total. The van der Waals surface area contributed by atoms with Crippen LogP contribution in [0.4, 0.5) is 10.2 Å². The number of amides is 1. The second kappa shape index (κ2) is 7.96. The molecule has 4 aromatic rings. The predicted molar refractivity (Wildman–Crippen MR) is 116 cm³/mol. The standard InChI is InChI=1S/C22H18ClFN6O/c23-17-5-1-16(2-6-17)22(31)29-13-11-28(12-14-29)20-10-9-19-25-26-21(30(19)27-20)15-3-7-18(24)8-4-15/h1-10H,11-14H2. The molecule has 1 aliphatic heterocycles. The number of hydrogen-bond acceptors (Lipinski definition) is 5. The first-order valence-corrected chi connectivity index (χ1v) is 10.2. The Morgan fingerprint density at radius 3 is 2.29 bits per heavy atom. The number of hydrogen-bond donors (Lipinski definition) is 0. The highest BCUT2D eigenvalue weighted by molar-refractivity contribution is 6.30. The normalized spacial score (nSPS) is 14.3. The highest BCUT2D eigenvalue weighted by atomic mass is 35.5. The van der Waals surface area contributed by atoms with E-state index in [1.165, 1.54) is 12.1 Å². The Bertz CT molecular complexity index is 1230. The summed E-state index contributed by atoms with van der Waals surface area (Å²) < 4.78 is 14.9. The molecule has 0 saturated carbocycles. The van der Waals surface area contributed by atoms with Gasteiger partial charge in [-0.25, -0.2) is 4.39 Å². The van der Waals surface area contributed by atoms with Crippen LogP contribution in [0.2, 0.25) is 5.02 Å². The molecule has 0 bridgehead atoms. The number of aromatic nitrogens is 4. The number of piperazine rings is 1. The summed E-state index contributed by atoms with van der Waals surface area (Å²) in [5.74, 6) is 1.01. The van der Waals surface area contributed by atoms with Crippen molar-refractivity contribution in [2.45, 2.75) is 0 Å². The smallest absolute Gasteiger partial charge is 0.253 e. The molecule has 31 heavy (non-hydrogen) atoms. The van der Waals surface area contributed by atoms with E-state index in [4.69, 9.17) is 16.7 Å². The zero-order valence-electron chi connectivity index (χ0n) is 16.4. The van der Waals surface area contributed by atoms with Gasteiger partial charge in [0.05, 0.1) is 0 Å². The fourth-order valence-corrected chi connectivity index (χ4v) is 3.77. The van der Waals surface area contributed by atoms with Crippen molar-refractivity contribution >= 4 is 29.0 Å². The van der Waals surface area contributed by atoms with Gasteiger partial charge in [0.25, 0.3) is 5.91 Å². The third-order valence-electron chi connectivity index (χ3n) is 5.33. The van der Waals surface area contributed by atoms with Crippen LogP contribution in [-0.2, 0) is 0 Å². The highest BCUT2D eigenvalue weighted by Crippen LogP contribution is 2.21. The van der Waals surface area contributed by atoms with E-state index in [-0.39, 0.29) is 11.7 Å². The summed E-state index contributed by atoms with van der Waals surface area (Å²) in [6, 6.07) is 16.8. The lowest BCUT2D eigenvalue weighted by Gasteiger charge is -2.35. The monoisotopic (exact) mass is 436 g/mol. The van der Waals surface area contributed by atoms with Crippen LogP contribution in [0.3, 0.4) is 0 Å². The topological polar surface area (TPSA) is 66.6 Å². The molecule has 0 unspecified atom stereocenters. The molecule has 156 valence electrons. The Morgan fingerprint density at radius 1 is 0.871 bits per heavy atom. The number of benzene rings is 2. The van der Waals surface area contributed by atoms with E-state index in [1.54, 1.807) is 40.9 Å². The second-order valence-corrected chi connectivity index (χ2v) is 7.71.